The molecule has 5 aromatic rings. The molecule has 4 aromatic heterocycles. The van der Waals surface area contributed by atoms with Gasteiger partial charge in [-0.3, -0.25) is 10.2 Å². The summed E-state index contributed by atoms with van der Waals surface area (Å²) in [5.41, 5.74) is 6.01. The summed E-state index contributed by atoms with van der Waals surface area (Å²) in [6, 6.07) is 11.8. The smallest absolute Gasteiger partial charge is 0.161 e. The van der Waals surface area contributed by atoms with E-state index in [1.807, 2.05) is 42.6 Å². The molecule has 3 N–H and O–H groups in total. The molecule has 0 radical (unpaired) electrons. The molecule has 0 aliphatic heterocycles. The summed E-state index contributed by atoms with van der Waals surface area (Å²) in [5.74, 6) is 0.703. The van der Waals surface area contributed by atoms with Gasteiger partial charge in [0.25, 0.3) is 0 Å². The SMILES string of the molecule is c1ccc2[nH]c(-c3n[nH]c4ccc(-c5cn[nH]c5)nc34)nc2c1. The van der Waals surface area contributed by atoms with Gasteiger partial charge in [-0.2, -0.15) is 10.2 Å². The third-order valence-corrected chi connectivity index (χ3v) is 3.82. The van der Waals surface area contributed by atoms with Crippen molar-refractivity contribution in [2.24, 2.45) is 0 Å². The predicted octanol–water partition coefficient (Wildman–Crippen LogP) is 2.89. The lowest BCUT2D eigenvalue weighted by molar-refractivity contribution is 1.09. The molecule has 4 heterocycles. The lowest BCUT2D eigenvalue weighted by atomic mass is 10.2. The molecule has 0 unspecified atom stereocenters. The maximum atomic E-state index is 4.71. The predicted molar refractivity (Wildman–Crippen MR) is 86.6 cm³/mol. The maximum absolute atomic E-state index is 4.71. The highest BCUT2D eigenvalue weighted by Gasteiger charge is 2.14. The molecule has 0 fully saturated rings. The third kappa shape index (κ3) is 1.83. The van der Waals surface area contributed by atoms with Gasteiger partial charge < -0.3 is 4.98 Å². The molecule has 0 bridgehead atoms. The van der Waals surface area contributed by atoms with Gasteiger partial charge in [-0.25, -0.2) is 9.97 Å². The number of para-hydroxylation sites is 2. The molecular formula is C16H11N7. The summed E-state index contributed by atoms with van der Waals surface area (Å²) in [7, 11) is 0. The van der Waals surface area contributed by atoms with Crippen LogP contribution in [0.4, 0.5) is 0 Å². The lowest BCUT2D eigenvalue weighted by Crippen LogP contribution is -1.86. The number of fused-ring (bicyclic) bond motifs is 2. The Hall–Kier alpha value is -3.48. The number of hydrogen-bond acceptors (Lipinski definition) is 4. The number of imidazole rings is 1. The highest BCUT2D eigenvalue weighted by Crippen LogP contribution is 2.27. The zero-order chi connectivity index (χ0) is 15.2. The van der Waals surface area contributed by atoms with E-state index in [9.17, 15) is 0 Å². The van der Waals surface area contributed by atoms with Crippen molar-refractivity contribution in [2.45, 2.75) is 0 Å². The molecule has 5 rings (SSSR count). The van der Waals surface area contributed by atoms with Gasteiger partial charge in [-0.1, -0.05) is 12.1 Å². The van der Waals surface area contributed by atoms with Gasteiger partial charge in [-0.15, -0.1) is 0 Å². The minimum Gasteiger partial charge on any atom is -0.337 e. The fraction of sp³-hybridized carbons (Fsp3) is 0. The zero-order valence-electron chi connectivity index (χ0n) is 11.9. The number of aromatic nitrogens is 7. The summed E-state index contributed by atoms with van der Waals surface area (Å²) >= 11 is 0. The summed E-state index contributed by atoms with van der Waals surface area (Å²) in [4.78, 5) is 12.6. The number of benzene rings is 1. The van der Waals surface area contributed by atoms with Crippen LogP contribution in [0.2, 0.25) is 0 Å². The second-order valence-electron chi connectivity index (χ2n) is 5.25. The molecule has 7 heteroatoms. The Labute approximate surface area is 129 Å². The van der Waals surface area contributed by atoms with Crippen molar-refractivity contribution in [2.75, 3.05) is 0 Å². The Morgan fingerprint density at radius 3 is 2.74 bits per heavy atom. The van der Waals surface area contributed by atoms with Crippen molar-refractivity contribution in [3.05, 3.63) is 48.8 Å². The van der Waals surface area contributed by atoms with Crippen molar-refractivity contribution >= 4 is 22.1 Å². The molecule has 0 aliphatic rings. The minimum absolute atomic E-state index is 0.703. The average molecular weight is 301 g/mol. The van der Waals surface area contributed by atoms with Crippen molar-refractivity contribution in [3.8, 4) is 22.8 Å². The number of rotatable bonds is 2. The van der Waals surface area contributed by atoms with Gasteiger partial charge in [0.15, 0.2) is 11.5 Å². The number of H-pyrrole nitrogens is 3. The monoisotopic (exact) mass is 301 g/mol. The Kier molecular flexibility index (Phi) is 2.37. The van der Waals surface area contributed by atoms with Gasteiger partial charge in [0.1, 0.15) is 5.52 Å². The van der Waals surface area contributed by atoms with Crippen molar-refractivity contribution in [3.63, 3.8) is 0 Å². The summed E-state index contributed by atoms with van der Waals surface area (Å²) in [5, 5.41) is 14.2. The number of pyridine rings is 1. The molecule has 0 atom stereocenters. The average Bonchev–Trinajstić information content (AvgIpc) is 3.32. The second kappa shape index (κ2) is 4.51. The van der Waals surface area contributed by atoms with E-state index < -0.39 is 0 Å². The quantitative estimate of drug-likeness (QED) is 0.467. The van der Waals surface area contributed by atoms with Gasteiger partial charge in [0.2, 0.25) is 0 Å². The van der Waals surface area contributed by atoms with Gasteiger partial charge in [-0.05, 0) is 24.3 Å². The number of aromatic amines is 3. The number of nitrogens with zero attached hydrogens (tertiary/aromatic N) is 4. The highest BCUT2D eigenvalue weighted by molar-refractivity contribution is 5.91. The fourth-order valence-corrected chi connectivity index (χ4v) is 2.68. The first-order valence-electron chi connectivity index (χ1n) is 7.18. The zero-order valence-corrected chi connectivity index (χ0v) is 11.9. The van der Waals surface area contributed by atoms with E-state index in [2.05, 4.69) is 30.4 Å². The number of nitrogens with one attached hydrogen (secondary N) is 3. The first-order chi connectivity index (χ1) is 11.4. The van der Waals surface area contributed by atoms with Gasteiger partial charge >= 0.3 is 0 Å². The van der Waals surface area contributed by atoms with E-state index in [0.717, 1.165) is 33.3 Å². The van der Waals surface area contributed by atoms with E-state index >= 15 is 0 Å². The fourth-order valence-electron chi connectivity index (χ4n) is 2.68. The molecule has 23 heavy (non-hydrogen) atoms. The third-order valence-electron chi connectivity index (χ3n) is 3.82. The molecule has 0 spiro atoms. The van der Waals surface area contributed by atoms with E-state index in [-0.39, 0.29) is 0 Å². The normalized spacial score (nSPS) is 11.5. The van der Waals surface area contributed by atoms with Crippen LogP contribution in [-0.4, -0.2) is 35.3 Å². The van der Waals surface area contributed by atoms with Crippen LogP contribution < -0.4 is 0 Å². The summed E-state index contributed by atoms with van der Waals surface area (Å²) in [6.07, 6.45) is 3.56. The van der Waals surface area contributed by atoms with E-state index in [0.29, 0.717) is 11.5 Å². The molecule has 110 valence electrons. The Morgan fingerprint density at radius 2 is 1.87 bits per heavy atom. The molecule has 0 aliphatic carbocycles. The molecular weight excluding hydrogens is 290 g/mol. The Bertz CT molecular complexity index is 1080. The Morgan fingerprint density at radius 1 is 0.913 bits per heavy atom. The summed E-state index contributed by atoms with van der Waals surface area (Å²) < 4.78 is 0. The van der Waals surface area contributed by atoms with Crippen LogP contribution in [-0.2, 0) is 0 Å². The summed E-state index contributed by atoms with van der Waals surface area (Å²) in [6.45, 7) is 0. The molecule has 0 saturated carbocycles. The maximum Gasteiger partial charge on any atom is 0.161 e. The van der Waals surface area contributed by atoms with Crippen LogP contribution in [0.25, 0.3) is 44.8 Å². The van der Waals surface area contributed by atoms with Crippen LogP contribution in [0.5, 0.6) is 0 Å². The molecule has 7 nitrogen and oxygen atoms in total. The van der Waals surface area contributed by atoms with Crippen molar-refractivity contribution < 1.29 is 0 Å². The van der Waals surface area contributed by atoms with E-state index in [1.165, 1.54) is 0 Å². The van der Waals surface area contributed by atoms with Crippen molar-refractivity contribution in [1.82, 2.24) is 35.3 Å². The van der Waals surface area contributed by atoms with Crippen LogP contribution in [0, 0.1) is 0 Å². The molecule has 0 saturated heterocycles. The topological polar surface area (TPSA) is 98.9 Å². The first-order valence-corrected chi connectivity index (χ1v) is 7.18. The molecule has 1 aromatic carbocycles. The van der Waals surface area contributed by atoms with E-state index in [1.54, 1.807) is 6.20 Å². The lowest BCUT2D eigenvalue weighted by Gasteiger charge is -1.97. The second-order valence-corrected chi connectivity index (χ2v) is 5.25. The number of hydrogen-bond donors (Lipinski definition) is 3. The van der Waals surface area contributed by atoms with Crippen LogP contribution in [0.15, 0.2) is 48.8 Å². The van der Waals surface area contributed by atoms with Gasteiger partial charge in [0, 0.05) is 11.8 Å². The van der Waals surface area contributed by atoms with Crippen LogP contribution in [0.3, 0.4) is 0 Å². The van der Waals surface area contributed by atoms with Crippen LogP contribution in [0.1, 0.15) is 0 Å². The largest absolute Gasteiger partial charge is 0.337 e. The van der Waals surface area contributed by atoms with Crippen molar-refractivity contribution in [1.29, 1.82) is 0 Å². The Balaban J connectivity index is 1.73. The molecule has 0 amide bonds. The standard InChI is InChI=1S/C16H11N7/c1-2-4-12-11(3-1)20-16(21-12)15-14-13(22-23-15)6-5-10(19-14)9-7-17-18-8-9/h1-8H,(H,17,18)(H,20,21)(H,22,23). The van der Waals surface area contributed by atoms with E-state index in [4.69, 9.17) is 4.98 Å². The highest BCUT2D eigenvalue weighted by atomic mass is 15.2. The van der Waals surface area contributed by atoms with Crippen LogP contribution >= 0.6 is 0 Å². The van der Waals surface area contributed by atoms with Gasteiger partial charge in [0.05, 0.1) is 28.4 Å². The first kappa shape index (κ1) is 12.1. The minimum atomic E-state index is 0.703.